The highest BCUT2D eigenvalue weighted by atomic mass is 35.5. The summed E-state index contributed by atoms with van der Waals surface area (Å²) in [7, 11) is 0. The largest absolute Gasteiger partial charge is 0.340 e. The fraction of sp³-hybridized carbons (Fsp3) is 0.577. The van der Waals surface area contributed by atoms with Gasteiger partial charge in [-0.15, -0.1) is 11.6 Å². The van der Waals surface area contributed by atoms with Crippen molar-refractivity contribution < 1.29 is 14.3 Å². The van der Waals surface area contributed by atoms with E-state index in [-0.39, 0.29) is 11.7 Å². The van der Waals surface area contributed by atoms with Crippen molar-refractivity contribution in [2.75, 3.05) is 19.1 Å². The summed E-state index contributed by atoms with van der Waals surface area (Å²) in [6.07, 6.45) is 14.8. The van der Waals surface area contributed by atoms with Crippen LogP contribution in [-0.2, 0) is 14.3 Å². The van der Waals surface area contributed by atoms with Crippen LogP contribution in [-0.4, -0.2) is 30.7 Å². The van der Waals surface area contributed by atoms with Crippen LogP contribution in [0.5, 0.6) is 0 Å². The van der Waals surface area contributed by atoms with Gasteiger partial charge >= 0.3 is 0 Å². The second kappa shape index (κ2) is 14.6. The Balaban J connectivity index is 0.00000407. The van der Waals surface area contributed by atoms with Crippen molar-refractivity contribution in [3.05, 3.63) is 59.8 Å². The third-order valence-electron chi connectivity index (χ3n) is 5.18. The first-order valence-electron chi connectivity index (χ1n) is 11.0. The highest BCUT2D eigenvalue weighted by Gasteiger charge is 2.41. The lowest BCUT2D eigenvalue weighted by Gasteiger charge is -2.31. The van der Waals surface area contributed by atoms with E-state index in [1.54, 1.807) is 0 Å². The van der Waals surface area contributed by atoms with Crippen molar-refractivity contribution in [2.45, 2.75) is 73.5 Å². The lowest BCUT2D eigenvalue weighted by molar-refractivity contribution is -0.122. The minimum atomic E-state index is -0.909. The number of Topliss-reactive ketones (excluding diaryl/α,β-unsaturated/α-hetero) is 1. The molecule has 1 aliphatic rings. The zero-order valence-corrected chi connectivity index (χ0v) is 20.8. The monoisotopic (exact) mass is 436 g/mol. The number of alkyl halides is 1. The van der Waals surface area contributed by atoms with Gasteiger partial charge in [-0.2, -0.15) is 0 Å². The Morgan fingerprint density at radius 2 is 1.73 bits per heavy atom. The normalized spacial score (nSPS) is 17.3. The molecule has 1 rings (SSSR count). The van der Waals surface area contributed by atoms with Crippen LogP contribution in [0, 0.1) is 5.41 Å². The summed E-state index contributed by atoms with van der Waals surface area (Å²) in [6.45, 7) is 19.2. The number of halogens is 1. The van der Waals surface area contributed by atoms with E-state index in [1.165, 1.54) is 0 Å². The van der Waals surface area contributed by atoms with Gasteiger partial charge in [0, 0.05) is 11.0 Å². The summed E-state index contributed by atoms with van der Waals surface area (Å²) in [5.74, 6) is -0.895. The van der Waals surface area contributed by atoms with E-state index in [2.05, 4.69) is 38.7 Å². The van der Waals surface area contributed by atoms with Crippen LogP contribution in [0.15, 0.2) is 59.8 Å². The van der Waals surface area contributed by atoms with Gasteiger partial charge in [-0.25, -0.2) is 0 Å². The molecule has 1 saturated heterocycles. The summed E-state index contributed by atoms with van der Waals surface area (Å²) < 4.78 is 12.1. The molecule has 0 saturated carbocycles. The number of allylic oxidation sites excluding steroid dienone is 6. The van der Waals surface area contributed by atoms with Crippen LogP contribution < -0.4 is 0 Å². The quantitative estimate of drug-likeness (QED) is 0.193. The van der Waals surface area contributed by atoms with Gasteiger partial charge in [-0.3, -0.25) is 4.79 Å². The molecule has 0 N–H and O–H groups in total. The Kier molecular flexibility index (Phi) is 13.9. The topological polar surface area (TPSA) is 35.5 Å². The zero-order chi connectivity index (χ0) is 23.2. The number of ether oxygens (including phenoxy) is 2. The van der Waals surface area contributed by atoms with Gasteiger partial charge in [-0.1, -0.05) is 76.3 Å². The molecule has 0 aromatic heterocycles. The van der Waals surface area contributed by atoms with E-state index in [0.29, 0.717) is 13.2 Å². The van der Waals surface area contributed by atoms with Crippen LogP contribution in [0.1, 0.15) is 67.7 Å². The molecule has 0 aliphatic carbocycles. The van der Waals surface area contributed by atoms with Crippen molar-refractivity contribution in [3.8, 4) is 0 Å². The van der Waals surface area contributed by atoms with Crippen LogP contribution in [0.3, 0.4) is 0 Å². The fourth-order valence-corrected chi connectivity index (χ4v) is 3.31. The van der Waals surface area contributed by atoms with Gasteiger partial charge in [0.25, 0.3) is 0 Å². The molecule has 0 aromatic rings. The molecular formula is C26H41ClO3. The summed E-state index contributed by atoms with van der Waals surface area (Å²) in [5, 5.41) is 0. The minimum absolute atomic E-state index is 0.00458. The van der Waals surface area contributed by atoms with Crippen molar-refractivity contribution in [3.63, 3.8) is 0 Å². The number of hydrogen-bond donors (Lipinski definition) is 0. The van der Waals surface area contributed by atoms with Crippen LogP contribution in [0.2, 0.25) is 0 Å². The third-order valence-corrected chi connectivity index (χ3v) is 5.42. The molecule has 0 radical (unpaired) electrons. The Hall–Kier alpha value is -1.42. The van der Waals surface area contributed by atoms with E-state index in [4.69, 9.17) is 21.1 Å². The van der Waals surface area contributed by atoms with Crippen LogP contribution in [0.25, 0.3) is 0 Å². The van der Waals surface area contributed by atoms with E-state index < -0.39 is 11.2 Å². The molecule has 4 heteroatoms. The molecule has 1 aliphatic heterocycles. The first-order chi connectivity index (χ1) is 14.3. The van der Waals surface area contributed by atoms with Crippen LogP contribution in [0.4, 0.5) is 0 Å². The molecule has 1 fully saturated rings. The fourth-order valence-electron chi connectivity index (χ4n) is 2.98. The number of rotatable bonds is 11. The molecule has 0 bridgehead atoms. The van der Waals surface area contributed by atoms with E-state index in [0.717, 1.165) is 36.0 Å². The lowest BCUT2D eigenvalue weighted by atomic mass is 9.81. The average molecular weight is 437 g/mol. The van der Waals surface area contributed by atoms with Crippen molar-refractivity contribution in [1.82, 2.24) is 0 Å². The Morgan fingerprint density at radius 3 is 2.23 bits per heavy atom. The number of carbonyl (C=O) groups excluding carboxylic acids is 1. The first-order valence-corrected chi connectivity index (χ1v) is 11.6. The predicted octanol–water partition coefficient (Wildman–Crippen LogP) is 7.34. The third kappa shape index (κ3) is 7.68. The van der Waals surface area contributed by atoms with Crippen molar-refractivity contribution in [2.24, 2.45) is 5.41 Å². The standard InChI is InChI=1S/C24H35ClO3.C2H6/c1-7-9-10-15-21(12-8-2)24(27-16-17-28-24)20(4)14-11-13-19(3)23(5,6)22(26)18-25;1-2/h9-14H,4,7-8,15-18H2,1-3,5-6H3;1-2H3/b10-9-,14-11-,19-13+,21-12+;. The van der Waals surface area contributed by atoms with Crippen molar-refractivity contribution in [1.29, 1.82) is 0 Å². The van der Waals surface area contributed by atoms with Gasteiger partial charge in [-0.05, 0) is 45.6 Å². The number of carbonyl (C=O) groups is 1. The number of ketones is 1. The zero-order valence-electron chi connectivity index (χ0n) is 20.0. The van der Waals surface area contributed by atoms with E-state index in [9.17, 15) is 4.79 Å². The van der Waals surface area contributed by atoms with Crippen molar-refractivity contribution >= 4 is 17.4 Å². The van der Waals surface area contributed by atoms with Gasteiger partial charge in [0.15, 0.2) is 5.78 Å². The molecule has 1 heterocycles. The maximum atomic E-state index is 12.1. The molecule has 0 amide bonds. The second-order valence-electron chi connectivity index (χ2n) is 7.45. The van der Waals surface area contributed by atoms with Gasteiger partial charge in [0.1, 0.15) is 0 Å². The molecule has 30 heavy (non-hydrogen) atoms. The molecular weight excluding hydrogens is 396 g/mol. The molecule has 0 unspecified atom stereocenters. The van der Waals surface area contributed by atoms with E-state index in [1.807, 2.05) is 52.8 Å². The summed E-state index contributed by atoms with van der Waals surface area (Å²) in [5.41, 5.74) is 2.17. The average Bonchev–Trinajstić information content (AvgIpc) is 3.25. The minimum Gasteiger partial charge on any atom is -0.340 e. The summed E-state index contributed by atoms with van der Waals surface area (Å²) in [6, 6.07) is 0. The van der Waals surface area contributed by atoms with Gasteiger partial charge < -0.3 is 9.47 Å². The molecule has 0 atom stereocenters. The summed E-state index contributed by atoms with van der Waals surface area (Å²) in [4.78, 5) is 12.1. The second-order valence-corrected chi connectivity index (χ2v) is 7.72. The first kappa shape index (κ1) is 28.6. The maximum absolute atomic E-state index is 12.1. The molecule has 0 spiro atoms. The van der Waals surface area contributed by atoms with Gasteiger partial charge in [0.2, 0.25) is 5.79 Å². The SMILES string of the molecule is C=C(/C=C\C=C(/C)C(C)(C)C(=O)CCl)C1(/C(=C/CC)C/C=C\CC)OCCO1.CC. The van der Waals surface area contributed by atoms with Crippen LogP contribution >= 0.6 is 11.6 Å². The Labute approximate surface area is 189 Å². The number of hydrogen-bond acceptors (Lipinski definition) is 3. The Morgan fingerprint density at radius 1 is 1.13 bits per heavy atom. The Bertz CT molecular complexity index is 660. The highest BCUT2D eigenvalue weighted by Crippen LogP contribution is 2.37. The smallest absolute Gasteiger partial charge is 0.218 e. The highest BCUT2D eigenvalue weighted by molar-refractivity contribution is 6.28. The van der Waals surface area contributed by atoms with Gasteiger partial charge in [0.05, 0.1) is 19.1 Å². The molecule has 3 nitrogen and oxygen atoms in total. The maximum Gasteiger partial charge on any atom is 0.218 e. The predicted molar refractivity (Wildman–Crippen MR) is 130 cm³/mol. The molecule has 0 aromatic carbocycles. The van der Waals surface area contributed by atoms with E-state index >= 15 is 0 Å². The lowest BCUT2D eigenvalue weighted by Crippen LogP contribution is -2.34. The summed E-state index contributed by atoms with van der Waals surface area (Å²) >= 11 is 5.73. The molecule has 170 valence electrons.